The molecule has 19 heavy (non-hydrogen) atoms. The molecule has 0 spiro atoms. The average Bonchev–Trinajstić information content (AvgIpc) is 2.77. The summed E-state index contributed by atoms with van der Waals surface area (Å²) in [6.45, 7) is 2.71. The third kappa shape index (κ3) is 1.74. The molecule has 2 heterocycles. The molecule has 98 valence electrons. The van der Waals surface area contributed by atoms with Gasteiger partial charge in [-0.25, -0.2) is 0 Å². The Morgan fingerprint density at radius 1 is 1.47 bits per heavy atom. The summed E-state index contributed by atoms with van der Waals surface area (Å²) in [5.74, 6) is 0. The number of rotatable bonds is 2. The Morgan fingerprint density at radius 2 is 2.26 bits per heavy atom. The summed E-state index contributed by atoms with van der Waals surface area (Å²) < 4.78 is 1.68. The SMILES string of the molecule is Cc1[nH]nc2c1c(=O)n(CCN)c1ccc(Cl)cc21. The Labute approximate surface area is 114 Å². The fraction of sp³-hybridized carbons (Fsp3) is 0.231. The number of nitrogens with one attached hydrogen (secondary N) is 1. The summed E-state index contributed by atoms with van der Waals surface area (Å²) in [7, 11) is 0. The Hall–Kier alpha value is -1.85. The van der Waals surface area contributed by atoms with Crippen molar-refractivity contribution in [3.8, 4) is 0 Å². The highest BCUT2D eigenvalue weighted by atomic mass is 35.5. The van der Waals surface area contributed by atoms with Crippen LogP contribution in [0, 0.1) is 6.92 Å². The molecule has 0 saturated carbocycles. The number of H-pyrrole nitrogens is 1. The molecule has 3 rings (SSSR count). The number of aryl methyl sites for hydroxylation is 1. The van der Waals surface area contributed by atoms with Crippen LogP contribution in [0.25, 0.3) is 21.8 Å². The first-order valence-electron chi connectivity index (χ1n) is 6.00. The van der Waals surface area contributed by atoms with E-state index >= 15 is 0 Å². The molecule has 3 N–H and O–H groups in total. The van der Waals surface area contributed by atoms with Gasteiger partial charge in [-0.3, -0.25) is 9.89 Å². The topological polar surface area (TPSA) is 76.7 Å². The number of nitrogens with two attached hydrogens (primary N) is 1. The number of benzene rings is 1. The van der Waals surface area contributed by atoms with E-state index in [1.807, 2.05) is 19.1 Å². The number of aromatic nitrogens is 3. The van der Waals surface area contributed by atoms with Crippen LogP contribution in [0.4, 0.5) is 0 Å². The lowest BCUT2D eigenvalue weighted by Crippen LogP contribution is -2.24. The maximum Gasteiger partial charge on any atom is 0.262 e. The molecular weight excluding hydrogens is 264 g/mol. The summed E-state index contributed by atoms with van der Waals surface area (Å²) in [6, 6.07) is 5.42. The molecule has 3 aromatic rings. The molecule has 0 aliphatic rings. The first kappa shape index (κ1) is 12.2. The van der Waals surface area contributed by atoms with Gasteiger partial charge in [0.1, 0.15) is 5.52 Å². The van der Waals surface area contributed by atoms with Gasteiger partial charge in [-0.15, -0.1) is 0 Å². The van der Waals surface area contributed by atoms with Crippen LogP contribution in [0.5, 0.6) is 0 Å². The van der Waals surface area contributed by atoms with Crippen LogP contribution in [0.15, 0.2) is 23.0 Å². The van der Waals surface area contributed by atoms with Crippen LogP contribution in [0.2, 0.25) is 5.02 Å². The summed E-state index contributed by atoms with van der Waals surface area (Å²) in [5.41, 5.74) is 7.75. The Kier molecular flexibility index (Phi) is 2.80. The van der Waals surface area contributed by atoms with Crippen molar-refractivity contribution in [1.82, 2.24) is 14.8 Å². The second kappa shape index (κ2) is 4.36. The van der Waals surface area contributed by atoms with E-state index in [9.17, 15) is 4.79 Å². The lowest BCUT2D eigenvalue weighted by Gasteiger charge is -2.10. The normalized spacial score (nSPS) is 11.5. The van der Waals surface area contributed by atoms with Crippen molar-refractivity contribution in [3.05, 3.63) is 39.3 Å². The maximum atomic E-state index is 12.5. The molecule has 0 saturated heterocycles. The molecule has 2 aromatic heterocycles. The fourth-order valence-electron chi connectivity index (χ4n) is 2.41. The molecule has 0 unspecified atom stereocenters. The zero-order valence-electron chi connectivity index (χ0n) is 10.4. The lowest BCUT2D eigenvalue weighted by atomic mass is 10.1. The van der Waals surface area contributed by atoms with Crippen LogP contribution in [0.1, 0.15) is 5.69 Å². The monoisotopic (exact) mass is 276 g/mol. The highest BCUT2D eigenvalue weighted by Gasteiger charge is 2.14. The predicted molar refractivity (Wildman–Crippen MR) is 76.7 cm³/mol. The van der Waals surface area contributed by atoms with E-state index in [0.29, 0.717) is 29.0 Å². The van der Waals surface area contributed by atoms with Gasteiger partial charge >= 0.3 is 0 Å². The van der Waals surface area contributed by atoms with Gasteiger partial charge in [0.05, 0.1) is 10.9 Å². The van der Waals surface area contributed by atoms with E-state index in [4.69, 9.17) is 17.3 Å². The van der Waals surface area contributed by atoms with Gasteiger partial charge < -0.3 is 10.3 Å². The standard InChI is InChI=1S/C13H13ClN4O/c1-7-11-12(17-16-7)9-6-8(14)2-3-10(9)18(5-4-15)13(11)19/h2-3,6H,4-5,15H2,1H3,(H,16,17). The van der Waals surface area contributed by atoms with Crippen molar-refractivity contribution in [1.29, 1.82) is 0 Å². The van der Waals surface area contributed by atoms with Gasteiger partial charge in [-0.1, -0.05) is 11.6 Å². The molecule has 1 aromatic carbocycles. The summed E-state index contributed by atoms with van der Waals surface area (Å²) in [6.07, 6.45) is 0. The second-order valence-electron chi connectivity index (χ2n) is 4.48. The molecule has 0 aliphatic carbocycles. The Balaban J connectivity index is 2.59. The van der Waals surface area contributed by atoms with Crippen molar-refractivity contribution in [2.24, 2.45) is 5.73 Å². The molecule has 5 nitrogen and oxygen atoms in total. The van der Waals surface area contributed by atoms with E-state index in [1.54, 1.807) is 10.6 Å². The van der Waals surface area contributed by atoms with Gasteiger partial charge in [0.15, 0.2) is 0 Å². The van der Waals surface area contributed by atoms with Crippen LogP contribution < -0.4 is 11.3 Å². The third-order valence-corrected chi connectivity index (χ3v) is 3.50. The molecule has 0 radical (unpaired) electrons. The van der Waals surface area contributed by atoms with Gasteiger partial charge in [0.2, 0.25) is 0 Å². The van der Waals surface area contributed by atoms with Gasteiger partial charge in [-0.05, 0) is 25.1 Å². The minimum absolute atomic E-state index is 0.0680. The number of fused-ring (bicyclic) bond motifs is 3. The number of aromatic amines is 1. The number of nitrogens with zero attached hydrogens (tertiary/aromatic N) is 2. The van der Waals surface area contributed by atoms with E-state index in [-0.39, 0.29) is 5.56 Å². The molecule has 0 fully saturated rings. The van der Waals surface area contributed by atoms with Crippen molar-refractivity contribution < 1.29 is 0 Å². The first-order valence-corrected chi connectivity index (χ1v) is 6.38. The molecule has 0 atom stereocenters. The molecular formula is C13H13ClN4O. The van der Waals surface area contributed by atoms with E-state index in [0.717, 1.165) is 16.6 Å². The van der Waals surface area contributed by atoms with Crippen molar-refractivity contribution in [2.45, 2.75) is 13.5 Å². The van der Waals surface area contributed by atoms with Crippen LogP contribution in [0.3, 0.4) is 0 Å². The second-order valence-corrected chi connectivity index (χ2v) is 4.92. The number of pyridine rings is 1. The molecule has 0 amide bonds. The highest BCUT2D eigenvalue weighted by Crippen LogP contribution is 2.25. The van der Waals surface area contributed by atoms with Crippen LogP contribution in [-0.4, -0.2) is 21.3 Å². The Bertz CT molecular complexity index is 834. The van der Waals surface area contributed by atoms with Crippen LogP contribution in [-0.2, 0) is 6.54 Å². The minimum atomic E-state index is -0.0680. The van der Waals surface area contributed by atoms with E-state index in [2.05, 4.69) is 10.2 Å². The quantitative estimate of drug-likeness (QED) is 0.749. The fourth-order valence-corrected chi connectivity index (χ4v) is 2.59. The first-order chi connectivity index (χ1) is 9.13. The van der Waals surface area contributed by atoms with E-state index in [1.165, 1.54) is 0 Å². The molecule has 0 bridgehead atoms. The molecule has 0 aliphatic heterocycles. The van der Waals surface area contributed by atoms with Crippen LogP contribution >= 0.6 is 11.6 Å². The Morgan fingerprint density at radius 3 is 3.00 bits per heavy atom. The van der Waals surface area contributed by atoms with Gasteiger partial charge in [0.25, 0.3) is 5.56 Å². The zero-order chi connectivity index (χ0) is 13.6. The highest BCUT2D eigenvalue weighted by molar-refractivity contribution is 6.31. The maximum absolute atomic E-state index is 12.5. The zero-order valence-corrected chi connectivity index (χ0v) is 11.2. The largest absolute Gasteiger partial charge is 0.329 e. The van der Waals surface area contributed by atoms with Crippen molar-refractivity contribution in [2.75, 3.05) is 6.54 Å². The summed E-state index contributed by atoms with van der Waals surface area (Å²) >= 11 is 6.05. The van der Waals surface area contributed by atoms with Gasteiger partial charge in [-0.2, -0.15) is 5.10 Å². The smallest absolute Gasteiger partial charge is 0.262 e. The number of halogens is 1. The van der Waals surface area contributed by atoms with Gasteiger partial charge in [0, 0.05) is 29.2 Å². The molecule has 6 heteroatoms. The number of hydrogen-bond acceptors (Lipinski definition) is 3. The summed E-state index contributed by atoms with van der Waals surface area (Å²) in [4.78, 5) is 12.5. The van der Waals surface area contributed by atoms with Crippen molar-refractivity contribution in [3.63, 3.8) is 0 Å². The minimum Gasteiger partial charge on any atom is -0.329 e. The lowest BCUT2D eigenvalue weighted by molar-refractivity contribution is 0.712. The third-order valence-electron chi connectivity index (χ3n) is 3.26. The van der Waals surface area contributed by atoms with E-state index < -0.39 is 0 Å². The summed E-state index contributed by atoms with van der Waals surface area (Å²) in [5, 5.41) is 9.16. The number of hydrogen-bond donors (Lipinski definition) is 2. The van der Waals surface area contributed by atoms with Crippen molar-refractivity contribution >= 4 is 33.4 Å². The predicted octanol–water partition coefficient (Wildman–Crippen LogP) is 1.80. The average molecular weight is 277 g/mol.